The molecule has 2 N–H and O–H groups in total. The summed E-state index contributed by atoms with van der Waals surface area (Å²) in [6.07, 6.45) is -3.48. The molecule has 8 heteroatoms. The summed E-state index contributed by atoms with van der Waals surface area (Å²) in [7, 11) is 0. The van der Waals surface area contributed by atoms with Gasteiger partial charge < -0.3 is 10.6 Å². The van der Waals surface area contributed by atoms with Crippen molar-refractivity contribution in [3.05, 3.63) is 48.0 Å². The molecule has 1 heterocycles. The van der Waals surface area contributed by atoms with Gasteiger partial charge in [0.15, 0.2) is 5.96 Å². The van der Waals surface area contributed by atoms with Crippen LogP contribution in [0.2, 0.25) is 0 Å². The zero-order valence-corrected chi connectivity index (χ0v) is 18.1. The third kappa shape index (κ3) is 6.51. The van der Waals surface area contributed by atoms with Gasteiger partial charge in [0, 0.05) is 25.7 Å². The second kappa shape index (κ2) is 10.3. The van der Waals surface area contributed by atoms with Crippen molar-refractivity contribution < 1.29 is 13.2 Å². The Morgan fingerprint density at radius 1 is 1.18 bits per heavy atom. The van der Waals surface area contributed by atoms with E-state index in [4.69, 9.17) is 0 Å². The summed E-state index contributed by atoms with van der Waals surface area (Å²) in [6, 6.07) is 14.3. The maximum absolute atomic E-state index is 12.6. The maximum Gasteiger partial charge on any atom is 0.401 e. The Hall–Kier alpha value is -1.55. The Kier molecular flexibility index (Phi) is 8.36. The molecule has 1 aliphatic rings. The molecule has 1 atom stereocenters. The van der Waals surface area contributed by atoms with Crippen LogP contribution in [0, 0.1) is 0 Å². The lowest BCUT2D eigenvalue weighted by Gasteiger charge is -2.19. The second-order valence-corrected chi connectivity index (χ2v) is 6.81. The minimum Gasteiger partial charge on any atom is -0.357 e. The summed E-state index contributed by atoms with van der Waals surface area (Å²) >= 11 is 0. The number of rotatable bonds is 5. The minimum absolute atomic E-state index is 0. The lowest BCUT2D eigenvalue weighted by atomic mass is 10.1. The first kappa shape index (κ1) is 22.7. The molecule has 0 saturated carbocycles. The summed E-state index contributed by atoms with van der Waals surface area (Å²) in [5.41, 5.74) is 1.12. The fourth-order valence-electron chi connectivity index (χ4n) is 3.46. The fraction of sp³-hybridized carbons (Fsp3) is 0.450. The van der Waals surface area contributed by atoms with Crippen LogP contribution in [-0.2, 0) is 6.54 Å². The van der Waals surface area contributed by atoms with Gasteiger partial charge in [-0.25, -0.2) is 4.99 Å². The summed E-state index contributed by atoms with van der Waals surface area (Å²) in [4.78, 5) is 6.09. The van der Waals surface area contributed by atoms with Crippen molar-refractivity contribution in [2.45, 2.75) is 32.1 Å². The Morgan fingerprint density at radius 2 is 1.93 bits per heavy atom. The molecule has 0 aromatic heterocycles. The first-order chi connectivity index (χ1) is 12.9. The van der Waals surface area contributed by atoms with Gasteiger partial charge >= 0.3 is 6.18 Å². The third-order valence-electron chi connectivity index (χ3n) is 4.65. The second-order valence-electron chi connectivity index (χ2n) is 6.81. The van der Waals surface area contributed by atoms with Gasteiger partial charge in [-0.3, -0.25) is 4.90 Å². The molecule has 0 spiro atoms. The molecular formula is C20H26F3IN4. The van der Waals surface area contributed by atoms with E-state index in [2.05, 4.69) is 39.9 Å². The number of halogens is 4. The average Bonchev–Trinajstić information content (AvgIpc) is 3.04. The molecule has 28 heavy (non-hydrogen) atoms. The van der Waals surface area contributed by atoms with Gasteiger partial charge in [0.2, 0.25) is 0 Å². The van der Waals surface area contributed by atoms with Gasteiger partial charge in [-0.1, -0.05) is 42.5 Å². The smallest absolute Gasteiger partial charge is 0.357 e. The van der Waals surface area contributed by atoms with Crippen molar-refractivity contribution in [3.63, 3.8) is 0 Å². The molecule has 1 unspecified atom stereocenters. The first-order valence-electron chi connectivity index (χ1n) is 9.25. The summed E-state index contributed by atoms with van der Waals surface area (Å²) in [5, 5.41) is 8.80. The van der Waals surface area contributed by atoms with Crippen LogP contribution >= 0.6 is 24.0 Å². The van der Waals surface area contributed by atoms with Crippen LogP contribution in [0.3, 0.4) is 0 Å². The quantitative estimate of drug-likeness (QED) is 0.364. The Bertz CT molecular complexity index is 789. The molecule has 0 amide bonds. The van der Waals surface area contributed by atoms with Crippen LogP contribution in [-0.4, -0.2) is 49.3 Å². The highest BCUT2D eigenvalue weighted by molar-refractivity contribution is 14.0. The molecule has 0 radical (unpaired) electrons. The number of benzene rings is 2. The van der Waals surface area contributed by atoms with Crippen molar-refractivity contribution in [1.29, 1.82) is 0 Å². The van der Waals surface area contributed by atoms with Crippen molar-refractivity contribution >= 4 is 40.7 Å². The normalized spacial score (nSPS) is 18.1. The van der Waals surface area contributed by atoms with E-state index in [0.717, 1.165) is 10.9 Å². The minimum atomic E-state index is -4.15. The molecule has 0 bridgehead atoms. The Morgan fingerprint density at radius 3 is 2.68 bits per heavy atom. The number of aliphatic imine (C=N–C) groups is 1. The highest BCUT2D eigenvalue weighted by Crippen LogP contribution is 2.21. The van der Waals surface area contributed by atoms with Gasteiger partial charge in [0.05, 0.1) is 13.1 Å². The highest BCUT2D eigenvalue weighted by Gasteiger charge is 2.34. The van der Waals surface area contributed by atoms with Crippen LogP contribution < -0.4 is 10.6 Å². The largest absolute Gasteiger partial charge is 0.401 e. The number of hydrogen-bond acceptors (Lipinski definition) is 2. The van der Waals surface area contributed by atoms with Crippen LogP contribution in [0.15, 0.2) is 47.5 Å². The van der Waals surface area contributed by atoms with Crippen molar-refractivity contribution in [1.82, 2.24) is 15.5 Å². The van der Waals surface area contributed by atoms with Crippen molar-refractivity contribution in [3.8, 4) is 0 Å². The predicted octanol–water partition coefficient (Wildman–Crippen LogP) is 4.15. The first-order valence-corrected chi connectivity index (χ1v) is 9.25. The van der Waals surface area contributed by atoms with Gasteiger partial charge in [-0.15, -0.1) is 24.0 Å². The number of likely N-dealkylation sites (tertiary alicyclic amines) is 1. The van der Waals surface area contributed by atoms with E-state index in [1.807, 2.05) is 25.1 Å². The number of fused-ring (bicyclic) bond motifs is 1. The standard InChI is InChI=1S/C20H25F3N4.HI/c1-2-24-19(26-17-10-11-27(13-17)14-20(21,22)23)25-12-16-8-5-7-15-6-3-4-9-18(15)16;/h3-9,17H,2,10-14H2,1H3,(H2,24,25,26);1H. The molecular weight excluding hydrogens is 480 g/mol. The third-order valence-corrected chi connectivity index (χ3v) is 4.65. The zero-order valence-electron chi connectivity index (χ0n) is 15.8. The van der Waals surface area contributed by atoms with E-state index in [-0.39, 0.29) is 30.0 Å². The average molecular weight is 506 g/mol. The molecule has 0 aliphatic carbocycles. The number of alkyl halides is 3. The molecule has 2 aromatic rings. The number of nitrogens with zero attached hydrogens (tertiary/aromatic N) is 2. The van der Waals surface area contributed by atoms with Crippen molar-refractivity contribution in [2.24, 2.45) is 4.99 Å². The fourth-order valence-corrected chi connectivity index (χ4v) is 3.46. The van der Waals surface area contributed by atoms with E-state index >= 15 is 0 Å². The molecule has 154 valence electrons. The van der Waals surface area contributed by atoms with E-state index in [1.54, 1.807) is 0 Å². The highest BCUT2D eigenvalue weighted by atomic mass is 127. The van der Waals surface area contributed by atoms with Gasteiger partial charge in [-0.05, 0) is 29.7 Å². The summed E-state index contributed by atoms with van der Waals surface area (Å²) < 4.78 is 37.7. The van der Waals surface area contributed by atoms with Crippen LogP contribution in [0.1, 0.15) is 18.9 Å². The summed E-state index contributed by atoms with van der Waals surface area (Å²) in [5.74, 6) is 0.643. The lowest BCUT2D eigenvalue weighted by molar-refractivity contribution is -0.143. The van der Waals surface area contributed by atoms with Crippen LogP contribution in [0.4, 0.5) is 13.2 Å². The van der Waals surface area contributed by atoms with E-state index in [9.17, 15) is 13.2 Å². The molecule has 1 aliphatic heterocycles. The Labute approximate surface area is 180 Å². The number of guanidine groups is 1. The maximum atomic E-state index is 12.6. The topological polar surface area (TPSA) is 39.7 Å². The van der Waals surface area contributed by atoms with Gasteiger partial charge in [-0.2, -0.15) is 13.2 Å². The zero-order chi connectivity index (χ0) is 19.3. The van der Waals surface area contributed by atoms with E-state index in [1.165, 1.54) is 10.3 Å². The SMILES string of the molecule is CCNC(=NCc1cccc2ccccc12)NC1CCN(CC(F)(F)F)C1.I. The van der Waals surface area contributed by atoms with Crippen LogP contribution in [0.25, 0.3) is 10.8 Å². The molecule has 3 rings (SSSR count). The van der Waals surface area contributed by atoms with Crippen LogP contribution in [0.5, 0.6) is 0 Å². The molecule has 1 saturated heterocycles. The predicted molar refractivity (Wildman–Crippen MR) is 118 cm³/mol. The Balaban J connectivity index is 0.00000280. The summed E-state index contributed by atoms with van der Waals surface area (Å²) in [6.45, 7) is 3.14. The van der Waals surface area contributed by atoms with Gasteiger partial charge in [0.25, 0.3) is 0 Å². The monoisotopic (exact) mass is 506 g/mol. The lowest BCUT2D eigenvalue weighted by Crippen LogP contribution is -2.45. The number of hydrogen-bond donors (Lipinski definition) is 2. The number of nitrogens with one attached hydrogen (secondary N) is 2. The molecule has 1 fully saturated rings. The molecule has 2 aromatic carbocycles. The van der Waals surface area contributed by atoms with Gasteiger partial charge in [0.1, 0.15) is 0 Å². The van der Waals surface area contributed by atoms with E-state index in [0.29, 0.717) is 38.6 Å². The van der Waals surface area contributed by atoms with E-state index < -0.39 is 12.7 Å². The molecule has 4 nitrogen and oxygen atoms in total. The van der Waals surface area contributed by atoms with Crippen molar-refractivity contribution in [2.75, 3.05) is 26.2 Å².